The average Bonchev–Trinajstić information content (AvgIpc) is 2.52. The number of carbonyl (C=O) groups is 1. The molecule has 2 N–H and O–H groups in total. The molecule has 0 radical (unpaired) electrons. The van der Waals surface area contributed by atoms with E-state index in [1.54, 1.807) is 6.08 Å². The highest BCUT2D eigenvalue weighted by molar-refractivity contribution is 5.66. The molecule has 0 aliphatic rings. The molecule has 130 valence electrons. The maximum absolute atomic E-state index is 10.3. The van der Waals surface area contributed by atoms with E-state index in [2.05, 4.69) is 25.2 Å². The van der Waals surface area contributed by atoms with Crippen molar-refractivity contribution in [1.82, 2.24) is 0 Å². The van der Waals surface area contributed by atoms with Crippen LogP contribution in [0.5, 0.6) is 0 Å². The summed E-state index contributed by atoms with van der Waals surface area (Å²) in [5, 5.41) is 18.2. The Morgan fingerprint density at radius 1 is 0.957 bits per heavy atom. The van der Waals surface area contributed by atoms with E-state index in [0.717, 1.165) is 19.3 Å². The van der Waals surface area contributed by atoms with Crippen molar-refractivity contribution in [2.45, 2.75) is 70.8 Å². The van der Waals surface area contributed by atoms with Crippen LogP contribution in [0.3, 0.4) is 0 Å². The summed E-state index contributed by atoms with van der Waals surface area (Å²) in [5.74, 6) is -0.757. The third-order valence-electron chi connectivity index (χ3n) is 3.30. The second-order valence-electron chi connectivity index (χ2n) is 5.58. The summed E-state index contributed by atoms with van der Waals surface area (Å²) in [7, 11) is 0. The maximum Gasteiger partial charge on any atom is 0.303 e. The van der Waals surface area contributed by atoms with Gasteiger partial charge in [-0.1, -0.05) is 68.4 Å². The number of rotatable bonds is 14. The molecule has 0 fully saturated rings. The van der Waals surface area contributed by atoms with Crippen LogP contribution in [0.25, 0.3) is 0 Å². The van der Waals surface area contributed by atoms with Gasteiger partial charge in [-0.3, -0.25) is 4.79 Å². The van der Waals surface area contributed by atoms with Crippen molar-refractivity contribution in [2.24, 2.45) is 0 Å². The summed E-state index contributed by atoms with van der Waals surface area (Å²) in [5.41, 5.74) is 0. The number of aliphatic hydroxyl groups excluding tert-OH is 1. The second-order valence-corrected chi connectivity index (χ2v) is 5.58. The van der Waals surface area contributed by atoms with Crippen molar-refractivity contribution in [3.63, 3.8) is 0 Å². The van der Waals surface area contributed by atoms with Crippen LogP contribution in [0.4, 0.5) is 0 Å². The monoisotopic (exact) mass is 320 g/mol. The minimum atomic E-state index is -0.757. The Hall–Kier alpha value is -1.61. The Balaban J connectivity index is 3.62. The molecule has 0 saturated heterocycles. The van der Waals surface area contributed by atoms with E-state index in [-0.39, 0.29) is 6.42 Å². The highest BCUT2D eigenvalue weighted by Crippen LogP contribution is 2.02. The second kappa shape index (κ2) is 16.8. The van der Waals surface area contributed by atoms with Crippen LogP contribution in [0.2, 0.25) is 0 Å². The molecule has 23 heavy (non-hydrogen) atoms. The van der Waals surface area contributed by atoms with Gasteiger partial charge in [0.15, 0.2) is 0 Å². The van der Waals surface area contributed by atoms with Crippen LogP contribution in [0.15, 0.2) is 48.6 Å². The average molecular weight is 320 g/mol. The SMILES string of the molecule is CCCCCC=CCC=CC[C@H](O)C=CC=CCCCC(=O)O. The minimum absolute atomic E-state index is 0.203. The quantitative estimate of drug-likeness (QED) is 0.263. The van der Waals surface area contributed by atoms with Crippen molar-refractivity contribution < 1.29 is 15.0 Å². The lowest BCUT2D eigenvalue weighted by Crippen LogP contribution is -1.98. The number of aliphatic carboxylic acids is 1. The number of carboxylic acids is 1. The van der Waals surface area contributed by atoms with Gasteiger partial charge in [-0.25, -0.2) is 0 Å². The van der Waals surface area contributed by atoms with E-state index in [4.69, 9.17) is 5.11 Å². The molecule has 0 heterocycles. The number of carboxylic acid groups (broad SMARTS) is 1. The van der Waals surface area contributed by atoms with Gasteiger partial charge in [0.05, 0.1) is 6.10 Å². The van der Waals surface area contributed by atoms with Gasteiger partial charge >= 0.3 is 5.97 Å². The summed E-state index contributed by atoms with van der Waals surface area (Å²) < 4.78 is 0. The summed E-state index contributed by atoms with van der Waals surface area (Å²) >= 11 is 0. The number of allylic oxidation sites excluding steroid dienone is 6. The Bertz CT molecular complexity index is 392. The van der Waals surface area contributed by atoms with E-state index in [9.17, 15) is 9.90 Å². The van der Waals surface area contributed by atoms with E-state index in [1.165, 1.54) is 19.3 Å². The summed E-state index contributed by atoms with van der Waals surface area (Å²) in [4.78, 5) is 10.3. The predicted molar refractivity (Wildman–Crippen MR) is 97.4 cm³/mol. The molecule has 0 unspecified atom stereocenters. The molecule has 0 aliphatic carbocycles. The molecule has 0 spiro atoms. The van der Waals surface area contributed by atoms with Gasteiger partial charge < -0.3 is 10.2 Å². The number of hydrogen-bond acceptors (Lipinski definition) is 2. The van der Waals surface area contributed by atoms with Crippen LogP contribution in [0, 0.1) is 0 Å². The first kappa shape index (κ1) is 21.4. The molecule has 0 aromatic carbocycles. The molecular weight excluding hydrogens is 288 g/mol. The van der Waals surface area contributed by atoms with Crippen molar-refractivity contribution in [3.8, 4) is 0 Å². The van der Waals surface area contributed by atoms with Gasteiger partial charge in [0.1, 0.15) is 0 Å². The fourth-order valence-electron chi connectivity index (χ4n) is 1.95. The van der Waals surface area contributed by atoms with E-state index in [0.29, 0.717) is 12.8 Å². The topological polar surface area (TPSA) is 57.5 Å². The highest BCUT2D eigenvalue weighted by Gasteiger charge is 1.94. The molecule has 0 aromatic heterocycles. The Kier molecular flexibility index (Phi) is 15.6. The van der Waals surface area contributed by atoms with Gasteiger partial charge in [-0.05, 0) is 38.5 Å². The molecule has 0 aromatic rings. The normalized spacial score (nSPS) is 13.8. The zero-order chi connectivity index (χ0) is 17.2. The molecule has 0 bridgehead atoms. The van der Waals surface area contributed by atoms with Crippen LogP contribution < -0.4 is 0 Å². The molecule has 0 amide bonds. The van der Waals surface area contributed by atoms with Gasteiger partial charge in [-0.2, -0.15) is 0 Å². The predicted octanol–water partition coefficient (Wildman–Crippen LogP) is 5.19. The number of hydrogen-bond donors (Lipinski definition) is 2. The first-order valence-corrected chi connectivity index (χ1v) is 8.70. The summed E-state index contributed by atoms with van der Waals surface area (Å²) in [6, 6.07) is 0. The molecule has 0 rings (SSSR count). The summed E-state index contributed by atoms with van der Waals surface area (Å²) in [6.45, 7) is 2.21. The lowest BCUT2D eigenvalue weighted by molar-refractivity contribution is -0.137. The Labute approximate surface area is 141 Å². The van der Waals surface area contributed by atoms with Crippen molar-refractivity contribution in [2.75, 3.05) is 0 Å². The molecule has 3 nitrogen and oxygen atoms in total. The van der Waals surface area contributed by atoms with E-state index in [1.807, 2.05) is 24.3 Å². The first-order chi connectivity index (χ1) is 11.2. The fourth-order valence-corrected chi connectivity index (χ4v) is 1.95. The molecule has 1 atom stereocenters. The summed E-state index contributed by atoms with van der Waals surface area (Å²) in [6.07, 6.45) is 23.5. The third kappa shape index (κ3) is 18.3. The van der Waals surface area contributed by atoms with Crippen LogP contribution in [0.1, 0.15) is 64.7 Å². The van der Waals surface area contributed by atoms with E-state index >= 15 is 0 Å². The minimum Gasteiger partial charge on any atom is -0.481 e. The standard InChI is InChI=1S/C20H32O3/c1-2-3-4-5-6-7-8-10-13-16-19(21)17-14-11-9-12-15-18-20(22)23/h6-7,9-11,13-14,17,19,21H,2-5,8,12,15-16,18H2,1H3,(H,22,23)/t19-/m0/s1. The smallest absolute Gasteiger partial charge is 0.303 e. The van der Waals surface area contributed by atoms with Gasteiger partial charge in [-0.15, -0.1) is 0 Å². The van der Waals surface area contributed by atoms with Crippen LogP contribution >= 0.6 is 0 Å². The fraction of sp³-hybridized carbons (Fsp3) is 0.550. The first-order valence-electron chi connectivity index (χ1n) is 8.70. The van der Waals surface area contributed by atoms with Crippen molar-refractivity contribution >= 4 is 5.97 Å². The lowest BCUT2D eigenvalue weighted by Gasteiger charge is -1.98. The van der Waals surface area contributed by atoms with Gasteiger partial charge in [0.25, 0.3) is 0 Å². The highest BCUT2D eigenvalue weighted by atomic mass is 16.4. The molecule has 3 heteroatoms. The number of aliphatic hydroxyl groups is 1. The van der Waals surface area contributed by atoms with Crippen molar-refractivity contribution in [1.29, 1.82) is 0 Å². The van der Waals surface area contributed by atoms with Crippen molar-refractivity contribution in [3.05, 3.63) is 48.6 Å². The van der Waals surface area contributed by atoms with Gasteiger partial charge in [0.2, 0.25) is 0 Å². The van der Waals surface area contributed by atoms with Crippen LogP contribution in [-0.4, -0.2) is 22.3 Å². The Morgan fingerprint density at radius 3 is 2.43 bits per heavy atom. The zero-order valence-corrected chi connectivity index (χ0v) is 14.4. The van der Waals surface area contributed by atoms with E-state index < -0.39 is 12.1 Å². The number of unbranched alkanes of at least 4 members (excludes halogenated alkanes) is 4. The maximum atomic E-state index is 10.3. The van der Waals surface area contributed by atoms with Gasteiger partial charge in [0, 0.05) is 6.42 Å². The molecular formula is C20H32O3. The molecule has 0 aliphatic heterocycles. The molecule has 0 saturated carbocycles. The largest absolute Gasteiger partial charge is 0.481 e. The lowest BCUT2D eigenvalue weighted by atomic mass is 10.2. The Morgan fingerprint density at radius 2 is 1.70 bits per heavy atom. The zero-order valence-electron chi connectivity index (χ0n) is 14.4. The third-order valence-corrected chi connectivity index (χ3v) is 3.30. The van der Waals surface area contributed by atoms with Crippen LogP contribution in [-0.2, 0) is 4.79 Å².